The van der Waals surface area contributed by atoms with Gasteiger partial charge in [0.25, 0.3) is 6.71 Å². The molecule has 3 nitrogen and oxygen atoms in total. The maximum atomic E-state index is 2.70. The summed E-state index contributed by atoms with van der Waals surface area (Å²) in [6.45, 7) is 34.8. The molecule has 6 heteroatoms. The highest BCUT2D eigenvalue weighted by atomic mass is 32.1. The van der Waals surface area contributed by atoms with E-state index in [1.165, 1.54) is 114 Å². The molecule has 0 saturated carbocycles. The average molecular weight is 1130 g/mol. The molecule has 9 aromatic carbocycles. The van der Waals surface area contributed by atoms with Gasteiger partial charge in [0.2, 0.25) is 0 Å². The summed E-state index contributed by atoms with van der Waals surface area (Å²) in [6, 6.07) is 77.3. The predicted octanol–water partition coefficient (Wildman–Crippen LogP) is 21.5. The SMILES string of the molecule is CC(C)(C)c1ccc(N(c2ccc(C(C)(C)C)cc2)c2cc3c4c(c2)N(c2ccc(C(C)(C)C)cc2)c2c(sc5ccc(-c6ccccc6)cc25)B4c2c(sc4ccc(C(C)(C)C)cc24)N3c2ccc(C(C)(C)C)cc2-c2ccccc2)cc1. The topological polar surface area (TPSA) is 9.72 Å². The van der Waals surface area contributed by atoms with Crippen LogP contribution in [0.3, 0.4) is 0 Å². The van der Waals surface area contributed by atoms with Crippen LogP contribution in [-0.4, -0.2) is 6.71 Å². The minimum Gasteiger partial charge on any atom is -0.310 e. The van der Waals surface area contributed by atoms with Crippen molar-refractivity contribution in [1.29, 1.82) is 0 Å². The molecular weight excluding hydrogens is 1050 g/mol. The summed E-state index contributed by atoms with van der Waals surface area (Å²) in [5.41, 5.74) is 23.2. The molecule has 0 aliphatic carbocycles. The molecule has 2 aromatic heterocycles. The van der Waals surface area contributed by atoms with E-state index in [9.17, 15) is 0 Å². The van der Waals surface area contributed by atoms with Gasteiger partial charge in [-0.15, -0.1) is 22.7 Å². The zero-order valence-electron chi connectivity index (χ0n) is 51.8. The monoisotopic (exact) mass is 1130 g/mol. The molecule has 0 atom stereocenters. The molecule has 4 heterocycles. The maximum absolute atomic E-state index is 2.70. The molecule has 0 N–H and O–H groups in total. The van der Waals surface area contributed by atoms with Crippen molar-refractivity contribution in [3.05, 3.63) is 228 Å². The summed E-state index contributed by atoms with van der Waals surface area (Å²) in [4.78, 5) is 7.88. The molecule has 84 heavy (non-hydrogen) atoms. The lowest BCUT2D eigenvalue weighted by Crippen LogP contribution is -2.60. The van der Waals surface area contributed by atoms with Crippen LogP contribution in [0.25, 0.3) is 42.4 Å². The first-order valence-corrected chi connectivity index (χ1v) is 31.7. The Bertz CT molecular complexity index is 4250. The first-order chi connectivity index (χ1) is 39.8. The highest BCUT2D eigenvalue weighted by Crippen LogP contribution is 2.55. The van der Waals surface area contributed by atoms with E-state index in [4.69, 9.17) is 0 Å². The highest BCUT2D eigenvalue weighted by Gasteiger charge is 2.48. The fourth-order valence-corrected chi connectivity index (χ4v) is 15.3. The third-order valence-electron chi connectivity index (χ3n) is 17.7. The van der Waals surface area contributed by atoms with E-state index in [2.05, 4.69) is 319 Å². The van der Waals surface area contributed by atoms with Gasteiger partial charge in [0.1, 0.15) is 0 Å². The van der Waals surface area contributed by atoms with Gasteiger partial charge in [-0.05, 0) is 167 Å². The van der Waals surface area contributed by atoms with Gasteiger partial charge in [-0.2, -0.15) is 0 Å². The molecule has 11 aromatic rings. The number of fused-ring (bicyclic) bond motifs is 8. The third kappa shape index (κ3) is 9.68. The summed E-state index contributed by atoms with van der Waals surface area (Å²) in [5, 5.41) is 3.87. The largest absolute Gasteiger partial charge is 0.310 e. The highest BCUT2D eigenvalue weighted by molar-refractivity contribution is 7.35. The minimum absolute atomic E-state index is 0.0117. The van der Waals surface area contributed by atoms with Gasteiger partial charge in [0.15, 0.2) is 0 Å². The van der Waals surface area contributed by atoms with E-state index < -0.39 is 0 Å². The molecule has 2 aliphatic rings. The second kappa shape index (κ2) is 20.0. The van der Waals surface area contributed by atoms with Crippen molar-refractivity contribution in [3.63, 3.8) is 0 Å². The Morgan fingerprint density at radius 3 is 1.36 bits per heavy atom. The van der Waals surface area contributed by atoms with Crippen molar-refractivity contribution < 1.29 is 0 Å². The van der Waals surface area contributed by atoms with Crippen LogP contribution in [0.4, 0.5) is 50.5 Å². The molecule has 0 spiro atoms. The number of anilines is 9. The maximum Gasteiger partial charge on any atom is 0.266 e. The quantitative estimate of drug-likeness (QED) is 0.147. The van der Waals surface area contributed by atoms with Crippen molar-refractivity contribution >= 4 is 116 Å². The first-order valence-electron chi connectivity index (χ1n) is 30.1. The summed E-state index contributed by atoms with van der Waals surface area (Å²) >= 11 is 3.93. The number of benzene rings is 9. The van der Waals surface area contributed by atoms with E-state index in [0.717, 1.165) is 22.7 Å². The van der Waals surface area contributed by atoms with Crippen molar-refractivity contribution in [2.24, 2.45) is 0 Å². The molecule has 0 saturated heterocycles. The molecule has 13 rings (SSSR count). The van der Waals surface area contributed by atoms with Crippen LogP contribution in [0.15, 0.2) is 200 Å². The van der Waals surface area contributed by atoms with Gasteiger partial charge < -0.3 is 14.7 Å². The number of nitrogens with zero attached hydrogens (tertiary/aromatic N) is 3. The van der Waals surface area contributed by atoms with E-state index in [0.29, 0.717) is 0 Å². The van der Waals surface area contributed by atoms with E-state index >= 15 is 0 Å². The Kier molecular flexibility index (Phi) is 13.2. The fraction of sp³-hybridized carbons (Fsp3) is 0.256. The zero-order chi connectivity index (χ0) is 59.0. The van der Waals surface area contributed by atoms with Crippen LogP contribution in [0, 0.1) is 0 Å². The number of thiophene rings is 2. The number of hydrogen-bond acceptors (Lipinski definition) is 5. The van der Waals surface area contributed by atoms with Crippen LogP contribution >= 0.6 is 22.7 Å². The smallest absolute Gasteiger partial charge is 0.266 e. The Morgan fingerprint density at radius 1 is 0.345 bits per heavy atom. The Balaban J connectivity index is 1.21. The van der Waals surface area contributed by atoms with Gasteiger partial charge in [-0.1, -0.05) is 225 Å². The Labute approximate surface area is 508 Å². The van der Waals surface area contributed by atoms with Gasteiger partial charge >= 0.3 is 0 Å². The second-order valence-corrected chi connectivity index (χ2v) is 30.9. The first kappa shape index (κ1) is 55.5. The van der Waals surface area contributed by atoms with Crippen LogP contribution in [0.2, 0.25) is 0 Å². The molecule has 0 radical (unpaired) electrons. The second-order valence-electron chi connectivity index (χ2n) is 28.7. The zero-order valence-corrected chi connectivity index (χ0v) is 53.4. The van der Waals surface area contributed by atoms with Gasteiger partial charge in [0, 0.05) is 53.6 Å². The summed E-state index contributed by atoms with van der Waals surface area (Å²) in [5.74, 6) is 0. The lowest BCUT2D eigenvalue weighted by molar-refractivity contribution is 0.590. The summed E-state index contributed by atoms with van der Waals surface area (Å²) in [6.07, 6.45) is 0. The number of hydrogen-bond donors (Lipinski definition) is 0. The van der Waals surface area contributed by atoms with Crippen LogP contribution in [0.1, 0.15) is 132 Å². The Morgan fingerprint density at radius 2 is 0.810 bits per heavy atom. The lowest BCUT2D eigenvalue weighted by Gasteiger charge is -2.43. The van der Waals surface area contributed by atoms with Crippen molar-refractivity contribution in [2.45, 2.75) is 131 Å². The minimum atomic E-state index is -0.0865. The normalized spacial score (nSPS) is 13.6. The fourth-order valence-electron chi connectivity index (χ4n) is 12.7. The van der Waals surface area contributed by atoms with Gasteiger partial charge in [-0.25, -0.2) is 0 Å². The Hall–Kier alpha value is -7.64. The van der Waals surface area contributed by atoms with Crippen molar-refractivity contribution in [1.82, 2.24) is 0 Å². The van der Waals surface area contributed by atoms with E-state index in [-0.39, 0.29) is 33.8 Å². The third-order valence-corrected chi connectivity index (χ3v) is 20.1. The molecule has 0 amide bonds. The summed E-state index contributed by atoms with van der Waals surface area (Å²) in [7, 11) is 0. The molecule has 420 valence electrons. The average Bonchev–Trinajstić information content (AvgIpc) is 1.43. The van der Waals surface area contributed by atoms with Crippen molar-refractivity contribution in [2.75, 3.05) is 14.7 Å². The molecule has 0 unspecified atom stereocenters. The standard InChI is InChI=1S/C78H78BN3S2/c1-74(2,3)52-27-35-57(36-28-52)80(58-37-29-53(30-38-58)75(4,5)6)60-47-65-70-66(48-60)82(64-41-33-55(77(10,11)12)45-61(64)50-24-20-17-21-25-50)73-69(62-46-56(78(13,14)15)34-43-67(62)84-73)79(70)72-71(81(65)59-39-31-54(32-40-59)76(7,8)9)63-44-51(26-42-68(63)83-72)49-22-18-16-19-23-49/h16-48H,1-15H3. The predicted molar refractivity (Wildman–Crippen MR) is 370 cm³/mol. The molecular formula is C78H78BN3S2. The van der Waals surface area contributed by atoms with Crippen LogP contribution in [0.5, 0.6) is 0 Å². The molecule has 0 fully saturated rings. The summed E-state index contributed by atoms with van der Waals surface area (Å²) < 4.78 is 3.96. The van der Waals surface area contributed by atoms with Crippen molar-refractivity contribution in [3.8, 4) is 22.3 Å². The lowest BCUT2D eigenvalue weighted by atomic mass is 9.36. The van der Waals surface area contributed by atoms with E-state index in [1.807, 2.05) is 22.7 Å². The van der Waals surface area contributed by atoms with Gasteiger partial charge in [0.05, 0.1) is 22.1 Å². The van der Waals surface area contributed by atoms with Gasteiger partial charge in [-0.3, -0.25) is 0 Å². The molecule has 0 bridgehead atoms. The van der Waals surface area contributed by atoms with Crippen LogP contribution in [-0.2, 0) is 27.1 Å². The van der Waals surface area contributed by atoms with E-state index in [1.54, 1.807) is 0 Å². The van der Waals surface area contributed by atoms with Crippen LogP contribution < -0.4 is 30.4 Å². The molecule has 2 aliphatic heterocycles. The number of rotatable bonds is 7.